The van der Waals surface area contributed by atoms with Gasteiger partial charge in [-0.1, -0.05) is 19.4 Å². The van der Waals surface area contributed by atoms with Crippen LogP contribution in [0.15, 0.2) is 24.3 Å². The number of hydrogen-bond acceptors (Lipinski definition) is 6. The lowest BCUT2D eigenvalue weighted by molar-refractivity contribution is 0.0787. The highest BCUT2D eigenvalue weighted by atomic mass is 16.5. The molecule has 2 aromatic rings. The Morgan fingerprint density at radius 2 is 1.89 bits per heavy atom. The Kier molecular flexibility index (Phi) is 7.40. The second-order valence-corrected chi connectivity index (χ2v) is 6.34. The molecule has 0 aliphatic heterocycles. The highest BCUT2D eigenvalue weighted by Crippen LogP contribution is 2.27. The number of carbonyl (C=O) groups is 1. The van der Waals surface area contributed by atoms with Crippen molar-refractivity contribution in [2.45, 2.75) is 33.2 Å². The van der Waals surface area contributed by atoms with Crippen molar-refractivity contribution in [2.24, 2.45) is 0 Å². The van der Waals surface area contributed by atoms with Crippen molar-refractivity contribution in [1.29, 1.82) is 0 Å². The SMILES string of the molecule is CCCCN(C)C(=O)c1cc(C)nc(NCc2ccc(OC)c(OC)c2)n1. The Bertz CT molecular complexity index is 780. The molecule has 0 aliphatic carbocycles. The Morgan fingerprint density at radius 1 is 1.15 bits per heavy atom. The summed E-state index contributed by atoms with van der Waals surface area (Å²) >= 11 is 0. The third kappa shape index (κ3) is 5.57. The molecule has 27 heavy (non-hydrogen) atoms. The van der Waals surface area contributed by atoms with Gasteiger partial charge in [0.25, 0.3) is 5.91 Å². The normalized spacial score (nSPS) is 10.4. The summed E-state index contributed by atoms with van der Waals surface area (Å²) in [5, 5.41) is 3.18. The van der Waals surface area contributed by atoms with E-state index in [-0.39, 0.29) is 5.91 Å². The van der Waals surface area contributed by atoms with Gasteiger partial charge >= 0.3 is 0 Å². The summed E-state index contributed by atoms with van der Waals surface area (Å²) in [6.45, 7) is 5.17. The van der Waals surface area contributed by atoms with Crippen molar-refractivity contribution in [3.05, 3.63) is 41.2 Å². The number of methoxy groups -OCH3 is 2. The van der Waals surface area contributed by atoms with Gasteiger partial charge in [0.1, 0.15) is 5.69 Å². The monoisotopic (exact) mass is 372 g/mol. The van der Waals surface area contributed by atoms with Gasteiger partial charge in [-0.2, -0.15) is 0 Å². The minimum absolute atomic E-state index is 0.0943. The Labute approximate surface area is 160 Å². The summed E-state index contributed by atoms with van der Waals surface area (Å²) in [6.07, 6.45) is 2.01. The van der Waals surface area contributed by atoms with Gasteiger partial charge in [-0.15, -0.1) is 0 Å². The average Bonchev–Trinajstić information content (AvgIpc) is 2.69. The van der Waals surface area contributed by atoms with E-state index in [4.69, 9.17) is 9.47 Å². The average molecular weight is 372 g/mol. The zero-order valence-electron chi connectivity index (χ0n) is 16.7. The zero-order valence-corrected chi connectivity index (χ0v) is 16.7. The van der Waals surface area contributed by atoms with Crippen LogP contribution in [0.25, 0.3) is 0 Å². The van der Waals surface area contributed by atoms with Crippen LogP contribution < -0.4 is 14.8 Å². The van der Waals surface area contributed by atoms with Crippen molar-refractivity contribution in [2.75, 3.05) is 33.1 Å². The lowest BCUT2D eigenvalue weighted by atomic mass is 10.2. The van der Waals surface area contributed by atoms with Crippen molar-refractivity contribution >= 4 is 11.9 Å². The topological polar surface area (TPSA) is 76.6 Å². The van der Waals surface area contributed by atoms with E-state index in [1.165, 1.54) is 0 Å². The third-order valence-corrected chi connectivity index (χ3v) is 4.17. The number of benzene rings is 1. The molecule has 7 nitrogen and oxygen atoms in total. The number of amides is 1. The molecule has 0 saturated heterocycles. The van der Waals surface area contributed by atoms with Gasteiger partial charge < -0.3 is 19.7 Å². The smallest absolute Gasteiger partial charge is 0.272 e. The molecule has 0 saturated carbocycles. The van der Waals surface area contributed by atoms with Crippen molar-refractivity contribution in [1.82, 2.24) is 14.9 Å². The molecule has 1 amide bonds. The van der Waals surface area contributed by atoms with Crippen LogP contribution in [0.4, 0.5) is 5.95 Å². The Hall–Kier alpha value is -2.83. The maximum absolute atomic E-state index is 12.6. The number of nitrogens with zero attached hydrogens (tertiary/aromatic N) is 3. The van der Waals surface area contributed by atoms with Crippen molar-refractivity contribution in [3.63, 3.8) is 0 Å². The van der Waals surface area contributed by atoms with Gasteiger partial charge in [-0.05, 0) is 37.1 Å². The number of carbonyl (C=O) groups excluding carboxylic acids is 1. The lowest BCUT2D eigenvalue weighted by Gasteiger charge is -2.17. The highest BCUT2D eigenvalue weighted by Gasteiger charge is 2.15. The number of aromatic nitrogens is 2. The predicted octanol–water partition coefficient (Wildman–Crippen LogP) is 3.29. The molecule has 1 aromatic heterocycles. The van der Waals surface area contributed by atoms with Crippen LogP contribution in [0.3, 0.4) is 0 Å². The summed E-state index contributed by atoms with van der Waals surface area (Å²) in [7, 11) is 5.00. The number of hydrogen-bond donors (Lipinski definition) is 1. The van der Waals surface area contributed by atoms with Gasteiger partial charge in [0.05, 0.1) is 14.2 Å². The number of unbranched alkanes of at least 4 members (excludes halogenated alkanes) is 1. The number of rotatable bonds is 9. The Morgan fingerprint density at radius 3 is 2.56 bits per heavy atom. The Balaban J connectivity index is 2.11. The van der Waals surface area contributed by atoms with E-state index in [1.54, 1.807) is 32.2 Å². The largest absolute Gasteiger partial charge is 0.493 e. The molecule has 2 rings (SSSR count). The van der Waals surface area contributed by atoms with Crippen LogP contribution in [0.5, 0.6) is 11.5 Å². The molecular weight excluding hydrogens is 344 g/mol. The third-order valence-electron chi connectivity index (χ3n) is 4.17. The van der Waals surface area contributed by atoms with Crippen LogP contribution in [0.2, 0.25) is 0 Å². The fraction of sp³-hybridized carbons (Fsp3) is 0.450. The molecule has 146 valence electrons. The fourth-order valence-electron chi connectivity index (χ4n) is 2.62. The van der Waals surface area contributed by atoms with E-state index < -0.39 is 0 Å². The first-order chi connectivity index (χ1) is 13.0. The zero-order chi connectivity index (χ0) is 19.8. The molecule has 0 spiro atoms. The fourth-order valence-corrected chi connectivity index (χ4v) is 2.62. The van der Waals surface area contributed by atoms with Crippen LogP contribution in [0, 0.1) is 6.92 Å². The van der Waals surface area contributed by atoms with E-state index in [0.717, 1.165) is 24.1 Å². The molecule has 1 heterocycles. The predicted molar refractivity (Wildman–Crippen MR) is 106 cm³/mol. The summed E-state index contributed by atoms with van der Waals surface area (Å²) in [5.41, 5.74) is 2.13. The molecule has 1 N–H and O–H groups in total. The van der Waals surface area contributed by atoms with E-state index in [1.807, 2.05) is 25.1 Å². The van der Waals surface area contributed by atoms with Gasteiger partial charge in [0.2, 0.25) is 5.95 Å². The van der Waals surface area contributed by atoms with E-state index >= 15 is 0 Å². The first-order valence-corrected chi connectivity index (χ1v) is 9.04. The van der Waals surface area contributed by atoms with Crippen molar-refractivity contribution in [3.8, 4) is 11.5 Å². The number of nitrogens with one attached hydrogen (secondary N) is 1. The van der Waals surface area contributed by atoms with Gasteiger partial charge in [-0.25, -0.2) is 9.97 Å². The molecule has 7 heteroatoms. The summed E-state index contributed by atoms with van der Waals surface area (Å²) < 4.78 is 10.6. The van der Waals surface area contributed by atoms with Gasteiger partial charge in [0.15, 0.2) is 11.5 Å². The quantitative estimate of drug-likeness (QED) is 0.728. The first kappa shape index (κ1) is 20.5. The lowest BCUT2D eigenvalue weighted by Crippen LogP contribution is -2.28. The van der Waals surface area contributed by atoms with Gasteiger partial charge in [-0.3, -0.25) is 4.79 Å². The van der Waals surface area contributed by atoms with E-state index in [2.05, 4.69) is 22.2 Å². The van der Waals surface area contributed by atoms with Crippen LogP contribution in [-0.4, -0.2) is 48.6 Å². The molecule has 1 aromatic carbocycles. The maximum Gasteiger partial charge on any atom is 0.272 e. The summed E-state index contributed by atoms with van der Waals surface area (Å²) in [5.74, 6) is 1.67. The number of aryl methyl sites for hydroxylation is 1. The molecule has 0 aliphatic rings. The van der Waals surface area contributed by atoms with Crippen LogP contribution in [-0.2, 0) is 6.54 Å². The molecule has 0 unspecified atom stereocenters. The van der Waals surface area contributed by atoms with Crippen LogP contribution in [0.1, 0.15) is 41.5 Å². The minimum Gasteiger partial charge on any atom is -0.493 e. The first-order valence-electron chi connectivity index (χ1n) is 9.04. The number of anilines is 1. The standard InChI is InChI=1S/C20H28N4O3/c1-6-7-10-24(3)19(25)16-11-14(2)22-20(23-16)21-13-15-8-9-17(26-4)18(12-15)27-5/h8-9,11-12H,6-7,10,13H2,1-5H3,(H,21,22,23). The second kappa shape index (κ2) is 9.75. The molecular formula is C20H28N4O3. The second-order valence-electron chi connectivity index (χ2n) is 6.34. The van der Waals surface area contributed by atoms with E-state index in [9.17, 15) is 4.79 Å². The number of ether oxygens (including phenoxy) is 2. The molecule has 0 radical (unpaired) electrons. The van der Waals surface area contributed by atoms with E-state index in [0.29, 0.717) is 36.2 Å². The molecule has 0 atom stereocenters. The maximum atomic E-state index is 12.6. The highest BCUT2D eigenvalue weighted by molar-refractivity contribution is 5.92. The summed E-state index contributed by atoms with van der Waals surface area (Å²) in [4.78, 5) is 23.0. The summed E-state index contributed by atoms with van der Waals surface area (Å²) in [6, 6.07) is 7.40. The molecule has 0 fully saturated rings. The molecule has 0 bridgehead atoms. The minimum atomic E-state index is -0.0943. The van der Waals surface area contributed by atoms with Gasteiger partial charge in [0, 0.05) is 25.8 Å². The van der Waals surface area contributed by atoms with Crippen molar-refractivity contribution < 1.29 is 14.3 Å². The van der Waals surface area contributed by atoms with Crippen LogP contribution >= 0.6 is 0 Å².